The van der Waals surface area contributed by atoms with E-state index >= 15 is 0 Å². The number of likely N-dealkylation sites (tertiary alicyclic amines) is 1. The summed E-state index contributed by atoms with van der Waals surface area (Å²) in [6, 6.07) is 0. The smallest absolute Gasteiger partial charge is 0.00124 e. The van der Waals surface area contributed by atoms with Gasteiger partial charge in [0.15, 0.2) is 0 Å². The van der Waals surface area contributed by atoms with Crippen LogP contribution in [0, 0.1) is 17.8 Å². The van der Waals surface area contributed by atoms with Crippen LogP contribution in [0.2, 0.25) is 0 Å². The van der Waals surface area contributed by atoms with Crippen molar-refractivity contribution < 1.29 is 0 Å². The van der Waals surface area contributed by atoms with Crippen molar-refractivity contribution in [2.24, 2.45) is 23.5 Å². The van der Waals surface area contributed by atoms with Crippen molar-refractivity contribution in [1.82, 2.24) is 4.90 Å². The molecule has 2 heteroatoms. The van der Waals surface area contributed by atoms with Crippen molar-refractivity contribution in [1.29, 1.82) is 0 Å². The van der Waals surface area contributed by atoms with Crippen molar-refractivity contribution in [3.63, 3.8) is 0 Å². The Bertz CT molecular complexity index is 154. The standard InChI is InChI=1S/C10H20N2/c1-12-5-4-9(6-11)10(7-12)8-2-3-8/h8-10H,2-7,11H2,1H3. The van der Waals surface area contributed by atoms with Crippen molar-refractivity contribution in [3.8, 4) is 0 Å². The number of nitrogens with two attached hydrogens (primary N) is 1. The summed E-state index contributed by atoms with van der Waals surface area (Å²) < 4.78 is 0. The molecule has 0 spiro atoms. The van der Waals surface area contributed by atoms with E-state index in [1.165, 1.54) is 32.4 Å². The van der Waals surface area contributed by atoms with E-state index in [2.05, 4.69) is 11.9 Å². The fraction of sp³-hybridized carbons (Fsp3) is 1.00. The van der Waals surface area contributed by atoms with Gasteiger partial charge in [-0.25, -0.2) is 0 Å². The molecule has 2 fully saturated rings. The van der Waals surface area contributed by atoms with Gasteiger partial charge in [-0.15, -0.1) is 0 Å². The van der Waals surface area contributed by atoms with Crippen LogP contribution in [-0.2, 0) is 0 Å². The highest BCUT2D eigenvalue weighted by atomic mass is 15.1. The fourth-order valence-corrected chi connectivity index (χ4v) is 2.55. The number of hydrogen-bond donors (Lipinski definition) is 1. The number of piperidine rings is 1. The molecule has 0 aromatic carbocycles. The molecule has 2 atom stereocenters. The summed E-state index contributed by atoms with van der Waals surface area (Å²) in [7, 11) is 2.24. The largest absolute Gasteiger partial charge is 0.330 e. The average Bonchev–Trinajstić information content (AvgIpc) is 2.87. The van der Waals surface area contributed by atoms with E-state index in [-0.39, 0.29) is 0 Å². The molecule has 2 unspecified atom stereocenters. The predicted octanol–water partition coefficient (Wildman–Crippen LogP) is 0.923. The molecule has 2 nitrogen and oxygen atoms in total. The van der Waals surface area contributed by atoms with Crippen LogP contribution < -0.4 is 5.73 Å². The molecule has 1 aliphatic heterocycles. The van der Waals surface area contributed by atoms with Crippen LogP contribution in [-0.4, -0.2) is 31.6 Å². The van der Waals surface area contributed by atoms with Gasteiger partial charge in [0.2, 0.25) is 0 Å². The molecule has 2 aliphatic rings. The summed E-state index contributed by atoms with van der Waals surface area (Å²) in [6.07, 6.45) is 4.26. The minimum Gasteiger partial charge on any atom is -0.330 e. The molecule has 2 rings (SSSR count). The monoisotopic (exact) mass is 168 g/mol. The Balaban J connectivity index is 1.94. The van der Waals surface area contributed by atoms with Crippen LogP contribution in [0.5, 0.6) is 0 Å². The SMILES string of the molecule is CN1CCC(CN)C(C2CC2)C1. The Labute approximate surface area is 75.1 Å². The number of nitrogens with zero attached hydrogens (tertiary/aromatic N) is 1. The summed E-state index contributed by atoms with van der Waals surface area (Å²) in [4.78, 5) is 2.47. The van der Waals surface area contributed by atoms with Gasteiger partial charge in [-0.1, -0.05) is 0 Å². The van der Waals surface area contributed by atoms with E-state index in [9.17, 15) is 0 Å². The molecule has 0 amide bonds. The first-order valence-corrected chi connectivity index (χ1v) is 5.20. The molecule has 2 N–H and O–H groups in total. The third kappa shape index (κ3) is 1.64. The molecule has 1 aliphatic carbocycles. The van der Waals surface area contributed by atoms with E-state index < -0.39 is 0 Å². The van der Waals surface area contributed by atoms with Crippen LogP contribution in [0.3, 0.4) is 0 Å². The maximum atomic E-state index is 5.79. The summed E-state index contributed by atoms with van der Waals surface area (Å²) in [5, 5.41) is 0. The molecule has 12 heavy (non-hydrogen) atoms. The quantitative estimate of drug-likeness (QED) is 0.664. The maximum absolute atomic E-state index is 5.79. The van der Waals surface area contributed by atoms with Gasteiger partial charge in [0.05, 0.1) is 0 Å². The molecule has 1 saturated carbocycles. The molecule has 0 bridgehead atoms. The molecule has 0 aromatic rings. The van der Waals surface area contributed by atoms with E-state index in [4.69, 9.17) is 5.73 Å². The topological polar surface area (TPSA) is 29.3 Å². The minimum atomic E-state index is 0.827. The van der Waals surface area contributed by atoms with E-state index in [1.807, 2.05) is 0 Å². The van der Waals surface area contributed by atoms with Gasteiger partial charge in [-0.2, -0.15) is 0 Å². The predicted molar refractivity (Wildman–Crippen MR) is 50.9 cm³/mol. The van der Waals surface area contributed by atoms with Crippen LogP contribution >= 0.6 is 0 Å². The van der Waals surface area contributed by atoms with Gasteiger partial charge in [-0.3, -0.25) is 0 Å². The highest BCUT2D eigenvalue weighted by molar-refractivity contribution is 4.90. The fourth-order valence-electron chi connectivity index (χ4n) is 2.55. The Hall–Kier alpha value is -0.0800. The van der Waals surface area contributed by atoms with Crippen molar-refractivity contribution in [2.45, 2.75) is 19.3 Å². The van der Waals surface area contributed by atoms with Gasteiger partial charge in [0, 0.05) is 6.54 Å². The number of rotatable bonds is 2. The van der Waals surface area contributed by atoms with E-state index in [0.29, 0.717) is 0 Å². The van der Waals surface area contributed by atoms with Gasteiger partial charge in [0.25, 0.3) is 0 Å². The van der Waals surface area contributed by atoms with E-state index in [0.717, 1.165) is 24.3 Å². The van der Waals surface area contributed by atoms with Gasteiger partial charge in [0.1, 0.15) is 0 Å². The van der Waals surface area contributed by atoms with Gasteiger partial charge in [-0.05, 0) is 57.2 Å². The van der Waals surface area contributed by atoms with Gasteiger partial charge < -0.3 is 10.6 Å². The Morgan fingerprint density at radius 1 is 1.33 bits per heavy atom. The normalized spacial score (nSPS) is 38.5. The molecule has 0 aromatic heterocycles. The third-order valence-electron chi connectivity index (χ3n) is 3.54. The lowest BCUT2D eigenvalue weighted by Gasteiger charge is -2.36. The second-order valence-electron chi connectivity index (χ2n) is 4.55. The summed E-state index contributed by atoms with van der Waals surface area (Å²) >= 11 is 0. The molecule has 1 saturated heterocycles. The van der Waals surface area contributed by atoms with Crippen LogP contribution in [0.15, 0.2) is 0 Å². The lowest BCUT2D eigenvalue weighted by molar-refractivity contribution is 0.131. The number of hydrogen-bond acceptors (Lipinski definition) is 2. The van der Waals surface area contributed by atoms with E-state index in [1.54, 1.807) is 0 Å². The zero-order chi connectivity index (χ0) is 8.55. The second kappa shape index (κ2) is 3.35. The first kappa shape index (κ1) is 8.52. The first-order valence-electron chi connectivity index (χ1n) is 5.20. The first-order chi connectivity index (χ1) is 5.81. The van der Waals surface area contributed by atoms with Gasteiger partial charge >= 0.3 is 0 Å². The lowest BCUT2D eigenvalue weighted by atomic mass is 9.82. The molecule has 70 valence electrons. The molecule has 0 radical (unpaired) electrons. The zero-order valence-electron chi connectivity index (χ0n) is 8.00. The maximum Gasteiger partial charge on any atom is 0.00124 e. The Morgan fingerprint density at radius 2 is 2.08 bits per heavy atom. The van der Waals surface area contributed by atoms with Crippen LogP contribution in [0.1, 0.15) is 19.3 Å². The van der Waals surface area contributed by atoms with Crippen molar-refractivity contribution in [2.75, 3.05) is 26.7 Å². The van der Waals surface area contributed by atoms with Crippen LogP contribution in [0.25, 0.3) is 0 Å². The third-order valence-corrected chi connectivity index (χ3v) is 3.54. The Morgan fingerprint density at radius 3 is 2.67 bits per heavy atom. The van der Waals surface area contributed by atoms with Crippen molar-refractivity contribution >= 4 is 0 Å². The Kier molecular flexibility index (Phi) is 2.37. The van der Waals surface area contributed by atoms with Crippen molar-refractivity contribution in [3.05, 3.63) is 0 Å². The molecular formula is C10H20N2. The summed E-state index contributed by atoms with van der Waals surface area (Å²) in [5.41, 5.74) is 5.79. The minimum absolute atomic E-state index is 0.827. The molecular weight excluding hydrogens is 148 g/mol. The zero-order valence-corrected chi connectivity index (χ0v) is 8.00. The highest BCUT2D eigenvalue weighted by Crippen LogP contribution is 2.43. The molecule has 1 heterocycles. The highest BCUT2D eigenvalue weighted by Gasteiger charge is 2.38. The summed E-state index contributed by atoms with van der Waals surface area (Å²) in [5.74, 6) is 2.78. The lowest BCUT2D eigenvalue weighted by Crippen LogP contribution is -2.41. The average molecular weight is 168 g/mol. The summed E-state index contributed by atoms with van der Waals surface area (Å²) in [6.45, 7) is 3.46. The second-order valence-corrected chi connectivity index (χ2v) is 4.55. The van der Waals surface area contributed by atoms with Crippen LogP contribution in [0.4, 0.5) is 0 Å².